The van der Waals surface area contributed by atoms with Gasteiger partial charge in [-0.05, 0) is 47.2 Å². The van der Waals surface area contributed by atoms with Crippen LogP contribution in [0.1, 0.15) is 15.8 Å². The van der Waals surface area contributed by atoms with Crippen molar-refractivity contribution in [2.45, 2.75) is 6.04 Å². The first-order chi connectivity index (χ1) is 9.86. The van der Waals surface area contributed by atoms with Crippen molar-refractivity contribution >= 4 is 28.4 Å². The second-order valence-corrected chi connectivity index (χ2v) is 6.30. The number of anilines is 1. The van der Waals surface area contributed by atoms with Gasteiger partial charge in [-0.15, -0.1) is 22.7 Å². The lowest BCUT2D eigenvalue weighted by Gasteiger charge is -2.17. The minimum absolute atomic E-state index is 0.211. The number of thiophene rings is 2. The van der Waals surface area contributed by atoms with Crippen molar-refractivity contribution in [1.29, 1.82) is 0 Å². The molecule has 2 aromatic heterocycles. The van der Waals surface area contributed by atoms with Crippen LogP contribution in [0.4, 0.5) is 5.69 Å². The molecular weight excluding hydrogens is 286 g/mol. The van der Waals surface area contributed by atoms with Crippen molar-refractivity contribution in [2.24, 2.45) is 0 Å². The fourth-order valence-electron chi connectivity index (χ4n) is 2.05. The Labute approximate surface area is 126 Å². The number of rotatable bonds is 5. The molecule has 4 heteroatoms. The summed E-state index contributed by atoms with van der Waals surface area (Å²) in [4.78, 5) is 2.64. The Hall–Kier alpha value is -1.78. The number of benzene rings is 1. The van der Waals surface area contributed by atoms with Gasteiger partial charge in [0.15, 0.2) is 0 Å². The second kappa shape index (κ2) is 6.11. The molecule has 1 N–H and O–H groups in total. The molecule has 0 radical (unpaired) electrons. The first-order valence-electron chi connectivity index (χ1n) is 6.34. The van der Waals surface area contributed by atoms with Crippen molar-refractivity contribution in [2.75, 3.05) is 12.4 Å². The zero-order valence-corrected chi connectivity index (χ0v) is 12.7. The smallest absolute Gasteiger partial charge is 0.119 e. The lowest BCUT2D eigenvalue weighted by Crippen LogP contribution is -2.09. The molecule has 0 saturated heterocycles. The summed E-state index contributed by atoms with van der Waals surface area (Å²) in [6, 6.07) is 16.8. The average Bonchev–Trinajstić information content (AvgIpc) is 3.19. The third-order valence-corrected chi connectivity index (χ3v) is 4.93. The minimum atomic E-state index is 0.211. The van der Waals surface area contributed by atoms with Crippen LogP contribution in [0.2, 0.25) is 0 Å². The highest BCUT2D eigenvalue weighted by atomic mass is 32.1. The monoisotopic (exact) mass is 301 g/mol. The highest BCUT2D eigenvalue weighted by molar-refractivity contribution is 7.11. The van der Waals surface area contributed by atoms with Gasteiger partial charge in [0, 0.05) is 15.4 Å². The standard InChI is InChI=1S/C16H15NOS2/c1-18-13-8-6-12(7-9-13)17-16(14-4-2-10-19-14)15-5-3-11-20-15/h2-11,16-17H,1H3. The molecule has 2 heterocycles. The Kier molecular flexibility index (Phi) is 4.04. The maximum absolute atomic E-state index is 5.19. The quantitative estimate of drug-likeness (QED) is 0.714. The fourth-order valence-corrected chi connectivity index (χ4v) is 3.71. The van der Waals surface area contributed by atoms with Crippen LogP contribution in [0.25, 0.3) is 0 Å². The molecule has 0 saturated carbocycles. The van der Waals surface area contributed by atoms with E-state index in [0.717, 1.165) is 11.4 Å². The van der Waals surface area contributed by atoms with Gasteiger partial charge in [0.1, 0.15) is 5.75 Å². The van der Waals surface area contributed by atoms with E-state index in [-0.39, 0.29) is 6.04 Å². The van der Waals surface area contributed by atoms with Crippen LogP contribution >= 0.6 is 22.7 Å². The summed E-state index contributed by atoms with van der Waals surface area (Å²) in [6.45, 7) is 0. The molecule has 20 heavy (non-hydrogen) atoms. The Balaban J connectivity index is 1.86. The van der Waals surface area contributed by atoms with Crippen LogP contribution in [0.5, 0.6) is 5.75 Å². The van der Waals surface area contributed by atoms with Crippen LogP contribution < -0.4 is 10.1 Å². The van der Waals surface area contributed by atoms with Gasteiger partial charge >= 0.3 is 0 Å². The van der Waals surface area contributed by atoms with E-state index < -0.39 is 0 Å². The Morgan fingerprint density at radius 1 is 0.900 bits per heavy atom. The number of hydrogen-bond acceptors (Lipinski definition) is 4. The van der Waals surface area contributed by atoms with Crippen LogP contribution in [-0.4, -0.2) is 7.11 Å². The number of nitrogens with one attached hydrogen (secondary N) is 1. The van der Waals surface area contributed by atoms with Crippen molar-refractivity contribution in [1.82, 2.24) is 0 Å². The number of ether oxygens (including phenoxy) is 1. The van der Waals surface area contributed by atoms with E-state index in [4.69, 9.17) is 4.74 Å². The largest absolute Gasteiger partial charge is 0.497 e. The van der Waals surface area contributed by atoms with Crippen LogP contribution in [0.15, 0.2) is 59.3 Å². The highest BCUT2D eigenvalue weighted by Gasteiger charge is 2.15. The zero-order valence-electron chi connectivity index (χ0n) is 11.1. The minimum Gasteiger partial charge on any atom is -0.497 e. The summed E-state index contributed by atoms with van der Waals surface area (Å²) in [7, 11) is 1.68. The van der Waals surface area contributed by atoms with Crippen LogP contribution in [-0.2, 0) is 0 Å². The van der Waals surface area contributed by atoms with E-state index in [1.54, 1.807) is 29.8 Å². The first-order valence-corrected chi connectivity index (χ1v) is 8.10. The zero-order chi connectivity index (χ0) is 13.8. The van der Waals surface area contributed by atoms with Crippen LogP contribution in [0, 0.1) is 0 Å². The summed E-state index contributed by atoms with van der Waals surface area (Å²) in [5, 5.41) is 7.83. The number of methoxy groups -OCH3 is 1. The first kappa shape index (κ1) is 13.2. The third-order valence-electron chi connectivity index (χ3n) is 3.06. The highest BCUT2D eigenvalue weighted by Crippen LogP contribution is 2.32. The van der Waals surface area contributed by atoms with Gasteiger partial charge in [0.25, 0.3) is 0 Å². The van der Waals surface area contributed by atoms with Gasteiger partial charge in [-0.2, -0.15) is 0 Å². The summed E-state index contributed by atoms with van der Waals surface area (Å²) in [6.07, 6.45) is 0. The molecule has 1 aromatic carbocycles. The summed E-state index contributed by atoms with van der Waals surface area (Å²) in [5.74, 6) is 0.874. The molecule has 0 aliphatic rings. The summed E-state index contributed by atoms with van der Waals surface area (Å²) < 4.78 is 5.19. The molecule has 0 aliphatic heterocycles. The van der Waals surface area contributed by atoms with Crippen molar-refractivity contribution in [3.63, 3.8) is 0 Å². The predicted octanol–water partition coefficient (Wildman–Crippen LogP) is 5.02. The van der Waals surface area contributed by atoms with Gasteiger partial charge in [0.2, 0.25) is 0 Å². The second-order valence-electron chi connectivity index (χ2n) is 4.34. The molecule has 0 fully saturated rings. The molecule has 0 aliphatic carbocycles. The number of hydrogen-bond donors (Lipinski definition) is 1. The topological polar surface area (TPSA) is 21.3 Å². The molecule has 0 unspecified atom stereocenters. The SMILES string of the molecule is COc1ccc(NC(c2cccs2)c2cccs2)cc1. The van der Waals surface area contributed by atoms with E-state index >= 15 is 0 Å². The van der Waals surface area contributed by atoms with Gasteiger partial charge < -0.3 is 10.1 Å². The van der Waals surface area contributed by atoms with Gasteiger partial charge in [-0.3, -0.25) is 0 Å². The van der Waals surface area contributed by atoms with Gasteiger partial charge in [0.05, 0.1) is 13.2 Å². The molecule has 2 nitrogen and oxygen atoms in total. The van der Waals surface area contributed by atoms with Gasteiger partial charge in [-0.25, -0.2) is 0 Å². The lowest BCUT2D eigenvalue weighted by molar-refractivity contribution is 0.415. The molecule has 0 amide bonds. The third kappa shape index (κ3) is 2.86. The predicted molar refractivity (Wildman–Crippen MR) is 87.1 cm³/mol. The molecule has 0 atom stereocenters. The van der Waals surface area contributed by atoms with Crippen molar-refractivity contribution in [3.05, 3.63) is 69.0 Å². The van der Waals surface area contributed by atoms with E-state index in [9.17, 15) is 0 Å². The van der Waals surface area contributed by atoms with E-state index in [2.05, 4.69) is 40.3 Å². The Bertz CT molecular complexity index is 595. The maximum atomic E-state index is 5.19. The molecule has 0 spiro atoms. The van der Waals surface area contributed by atoms with E-state index in [1.165, 1.54) is 9.75 Å². The molecular formula is C16H15NOS2. The summed E-state index contributed by atoms with van der Waals surface area (Å²) >= 11 is 3.55. The molecule has 3 rings (SSSR count). The normalized spacial score (nSPS) is 10.7. The van der Waals surface area contributed by atoms with Crippen LogP contribution in [0.3, 0.4) is 0 Å². The van der Waals surface area contributed by atoms with Crippen molar-refractivity contribution < 1.29 is 4.74 Å². The summed E-state index contributed by atoms with van der Waals surface area (Å²) in [5.41, 5.74) is 1.10. The lowest BCUT2D eigenvalue weighted by atomic mass is 10.2. The van der Waals surface area contributed by atoms with E-state index in [0.29, 0.717) is 0 Å². The average molecular weight is 301 g/mol. The molecule has 102 valence electrons. The maximum Gasteiger partial charge on any atom is 0.119 e. The van der Waals surface area contributed by atoms with E-state index in [1.807, 2.05) is 24.3 Å². The fraction of sp³-hybridized carbons (Fsp3) is 0.125. The molecule has 3 aromatic rings. The van der Waals surface area contributed by atoms with Gasteiger partial charge in [-0.1, -0.05) is 12.1 Å². The molecule has 0 bridgehead atoms. The Morgan fingerprint density at radius 2 is 1.50 bits per heavy atom. The van der Waals surface area contributed by atoms with Crippen molar-refractivity contribution in [3.8, 4) is 5.75 Å². The Morgan fingerprint density at radius 3 is 1.95 bits per heavy atom.